The SMILES string of the molecule is SCC(COCC1CCCCC1)c1ccccc1. The molecule has 1 nitrogen and oxygen atoms in total. The first-order chi connectivity index (χ1) is 8.90. The molecule has 1 unspecified atom stereocenters. The van der Waals surface area contributed by atoms with Crippen LogP contribution in [0.5, 0.6) is 0 Å². The van der Waals surface area contributed by atoms with E-state index in [1.165, 1.54) is 37.7 Å². The Morgan fingerprint density at radius 1 is 1.11 bits per heavy atom. The number of hydrogen-bond acceptors (Lipinski definition) is 2. The zero-order chi connectivity index (χ0) is 12.6. The Morgan fingerprint density at radius 3 is 2.50 bits per heavy atom. The number of thiol groups is 1. The van der Waals surface area contributed by atoms with Gasteiger partial charge in [-0.25, -0.2) is 0 Å². The van der Waals surface area contributed by atoms with E-state index >= 15 is 0 Å². The van der Waals surface area contributed by atoms with E-state index in [2.05, 4.69) is 43.0 Å². The molecule has 0 aromatic heterocycles. The van der Waals surface area contributed by atoms with E-state index < -0.39 is 0 Å². The van der Waals surface area contributed by atoms with Gasteiger partial charge < -0.3 is 4.74 Å². The van der Waals surface area contributed by atoms with Gasteiger partial charge in [-0.15, -0.1) is 0 Å². The summed E-state index contributed by atoms with van der Waals surface area (Å²) in [7, 11) is 0. The molecule has 0 saturated heterocycles. The highest BCUT2D eigenvalue weighted by Crippen LogP contribution is 2.24. The fourth-order valence-electron chi connectivity index (χ4n) is 2.71. The van der Waals surface area contributed by atoms with Crippen LogP contribution in [0, 0.1) is 5.92 Å². The molecule has 1 aromatic carbocycles. The summed E-state index contributed by atoms with van der Waals surface area (Å²) < 4.78 is 5.93. The van der Waals surface area contributed by atoms with E-state index in [9.17, 15) is 0 Å². The zero-order valence-corrected chi connectivity index (χ0v) is 11.9. The van der Waals surface area contributed by atoms with Gasteiger partial charge in [0.2, 0.25) is 0 Å². The van der Waals surface area contributed by atoms with Crippen molar-refractivity contribution >= 4 is 12.6 Å². The van der Waals surface area contributed by atoms with Gasteiger partial charge in [0.15, 0.2) is 0 Å². The maximum absolute atomic E-state index is 5.93. The predicted octanol–water partition coefficient (Wildman–Crippen LogP) is 4.30. The van der Waals surface area contributed by atoms with Gasteiger partial charge in [0, 0.05) is 12.5 Å². The molecule has 1 aliphatic rings. The van der Waals surface area contributed by atoms with Crippen LogP contribution in [0.15, 0.2) is 30.3 Å². The van der Waals surface area contributed by atoms with E-state index in [1.807, 2.05) is 0 Å². The molecule has 2 heteroatoms. The molecular weight excluding hydrogens is 240 g/mol. The standard InChI is InChI=1S/C16H24OS/c18-13-16(15-9-5-2-6-10-15)12-17-11-14-7-3-1-4-8-14/h2,5-6,9-10,14,16,18H,1,3-4,7-8,11-13H2. The van der Waals surface area contributed by atoms with Gasteiger partial charge in [-0.2, -0.15) is 12.6 Å². The second-order valence-corrected chi connectivity index (χ2v) is 5.70. The van der Waals surface area contributed by atoms with Gasteiger partial charge in [0.25, 0.3) is 0 Å². The van der Waals surface area contributed by atoms with Gasteiger partial charge in [-0.05, 0) is 30.1 Å². The van der Waals surface area contributed by atoms with E-state index in [0.29, 0.717) is 5.92 Å². The molecule has 1 atom stereocenters. The van der Waals surface area contributed by atoms with Gasteiger partial charge in [0.1, 0.15) is 0 Å². The van der Waals surface area contributed by atoms with Crippen LogP contribution in [-0.2, 0) is 4.74 Å². The number of rotatable bonds is 6. The third-order valence-corrected chi connectivity index (χ3v) is 4.33. The summed E-state index contributed by atoms with van der Waals surface area (Å²) >= 11 is 4.45. The normalized spacial score (nSPS) is 18.7. The molecule has 0 heterocycles. The summed E-state index contributed by atoms with van der Waals surface area (Å²) in [5.41, 5.74) is 1.34. The minimum Gasteiger partial charge on any atom is -0.380 e. The molecule has 0 amide bonds. The summed E-state index contributed by atoms with van der Waals surface area (Å²) in [5.74, 6) is 2.09. The molecular formula is C16H24OS. The average Bonchev–Trinajstić information content (AvgIpc) is 2.46. The molecule has 0 aliphatic heterocycles. The number of hydrogen-bond donors (Lipinski definition) is 1. The zero-order valence-electron chi connectivity index (χ0n) is 11.1. The molecule has 0 radical (unpaired) electrons. The lowest BCUT2D eigenvalue weighted by atomic mass is 9.90. The first-order valence-corrected chi connectivity index (χ1v) is 7.77. The second kappa shape index (κ2) is 7.85. The van der Waals surface area contributed by atoms with Gasteiger partial charge >= 0.3 is 0 Å². The Morgan fingerprint density at radius 2 is 1.83 bits per heavy atom. The van der Waals surface area contributed by atoms with Crippen LogP contribution in [0.2, 0.25) is 0 Å². The van der Waals surface area contributed by atoms with E-state index in [1.54, 1.807) is 0 Å². The first-order valence-electron chi connectivity index (χ1n) is 7.13. The van der Waals surface area contributed by atoms with Crippen molar-refractivity contribution < 1.29 is 4.74 Å². The molecule has 1 saturated carbocycles. The van der Waals surface area contributed by atoms with E-state index in [4.69, 9.17) is 4.74 Å². The fourth-order valence-corrected chi connectivity index (χ4v) is 3.03. The van der Waals surface area contributed by atoms with Gasteiger partial charge in [-0.1, -0.05) is 49.6 Å². The summed E-state index contributed by atoms with van der Waals surface area (Å²) in [4.78, 5) is 0. The summed E-state index contributed by atoms with van der Waals surface area (Å²) in [6, 6.07) is 10.6. The molecule has 100 valence electrons. The first kappa shape index (κ1) is 14.0. The van der Waals surface area contributed by atoms with E-state index in [0.717, 1.165) is 24.9 Å². The highest BCUT2D eigenvalue weighted by Gasteiger charge is 2.15. The van der Waals surface area contributed by atoms with Crippen LogP contribution < -0.4 is 0 Å². The maximum atomic E-state index is 5.93. The van der Waals surface area contributed by atoms with Crippen LogP contribution in [-0.4, -0.2) is 19.0 Å². The van der Waals surface area contributed by atoms with Gasteiger partial charge in [-0.3, -0.25) is 0 Å². The van der Waals surface area contributed by atoms with Crippen molar-refractivity contribution in [2.75, 3.05) is 19.0 Å². The summed E-state index contributed by atoms with van der Waals surface area (Å²) in [5, 5.41) is 0. The summed E-state index contributed by atoms with van der Waals surface area (Å²) in [6.07, 6.45) is 6.92. The highest BCUT2D eigenvalue weighted by atomic mass is 32.1. The molecule has 0 N–H and O–H groups in total. The Bertz CT molecular complexity index is 319. The molecule has 1 aromatic rings. The summed E-state index contributed by atoms with van der Waals surface area (Å²) in [6.45, 7) is 1.75. The van der Waals surface area contributed by atoms with Crippen molar-refractivity contribution in [2.45, 2.75) is 38.0 Å². The third kappa shape index (κ3) is 4.33. The van der Waals surface area contributed by atoms with Crippen molar-refractivity contribution in [1.82, 2.24) is 0 Å². The molecule has 2 rings (SSSR count). The second-order valence-electron chi connectivity index (χ2n) is 5.33. The Labute approximate surface area is 116 Å². The lowest BCUT2D eigenvalue weighted by molar-refractivity contribution is 0.0783. The highest BCUT2D eigenvalue weighted by molar-refractivity contribution is 7.80. The molecule has 18 heavy (non-hydrogen) atoms. The van der Waals surface area contributed by atoms with Crippen molar-refractivity contribution in [2.24, 2.45) is 5.92 Å². The Balaban J connectivity index is 1.73. The van der Waals surface area contributed by atoms with Crippen LogP contribution >= 0.6 is 12.6 Å². The van der Waals surface area contributed by atoms with Crippen LogP contribution in [0.1, 0.15) is 43.6 Å². The minimum atomic E-state index is 0.429. The Kier molecular flexibility index (Phi) is 6.09. The fraction of sp³-hybridized carbons (Fsp3) is 0.625. The largest absolute Gasteiger partial charge is 0.380 e. The third-order valence-electron chi connectivity index (χ3n) is 3.89. The van der Waals surface area contributed by atoms with E-state index in [-0.39, 0.29) is 0 Å². The lowest BCUT2D eigenvalue weighted by Gasteiger charge is -2.23. The molecule has 0 bridgehead atoms. The van der Waals surface area contributed by atoms with Crippen molar-refractivity contribution in [1.29, 1.82) is 0 Å². The predicted molar refractivity (Wildman–Crippen MR) is 80.4 cm³/mol. The lowest BCUT2D eigenvalue weighted by Crippen LogP contribution is -2.17. The number of ether oxygens (including phenoxy) is 1. The molecule has 1 aliphatic carbocycles. The molecule has 1 fully saturated rings. The minimum absolute atomic E-state index is 0.429. The van der Waals surface area contributed by atoms with Gasteiger partial charge in [0.05, 0.1) is 6.61 Å². The quantitative estimate of drug-likeness (QED) is 0.754. The maximum Gasteiger partial charge on any atom is 0.0542 e. The van der Waals surface area contributed by atoms with Crippen LogP contribution in [0.25, 0.3) is 0 Å². The average molecular weight is 264 g/mol. The van der Waals surface area contributed by atoms with Crippen LogP contribution in [0.3, 0.4) is 0 Å². The van der Waals surface area contributed by atoms with Crippen molar-refractivity contribution in [3.05, 3.63) is 35.9 Å². The molecule has 0 spiro atoms. The topological polar surface area (TPSA) is 9.23 Å². The van der Waals surface area contributed by atoms with Crippen molar-refractivity contribution in [3.63, 3.8) is 0 Å². The Hall–Kier alpha value is -0.470. The monoisotopic (exact) mass is 264 g/mol. The smallest absolute Gasteiger partial charge is 0.0542 e. The van der Waals surface area contributed by atoms with Crippen LogP contribution in [0.4, 0.5) is 0 Å². The van der Waals surface area contributed by atoms with Crippen molar-refractivity contribution in [3.8, 4) is 0 Å². The number of benzene rings is 1.